The molecule has 0 heterocycles. The molecule has 88 valence electrons. The third-order valence-corrected chi connectivity index (χ3v) is 2.54. The Hall–Kier alpha value is -1.13. The van der Waals surface area contributed by atoms with Gasteiger partial charge in [-0.15, -0.1) is 0 Å². The number of benzene rings is 1. The molecule has 3 N–H and O–H groups in total. The molecule has 1 aromatic rings. The minimum Gasteiger partial charge on any atom is -0.369 e. The van der Waals surface area contributed by atoms with Gasteiger partial charge in [-0.3, -0.25) is 4.79 Å². The molecule has 0 fully saturated rings. The molecule has 0 aliphatic carbocycles. The third-order valence-electron chi connectivity index (χ3n) is 2.25. The van der Waals surface area contributed by atoms with Crippen molar-refractivity contribution < 1.29 is 9.18 Å². The molecule has 1 aromatic carbocycles. The van der Waals surface area contributed by atoms with Crippen LogP contribution in [0.2, 0.25) is 5.02 Å². The van der Waals surface area contributed by atoms with Crippen LogP contribution in [-0.2, 0) is 11.3 Å². The molecule has 16 heavy (non-hydrogen) atoms. The van der Waals surface area contributed by atoms with E-state index in [1.54, 1.807) is 19.1 Å². The molecule has 0 aromatic heterocycles. The lowest BCUT2D eigenvalue weighted by atomic mass is 10.1. The molecule has 1 amide bonds. The van der Waals surface area contributed by atoms with Crippen LogP contribution in [0.25, 0.3) is 0 Å². The van der Waals surface area contributed by atoms with Gasteiger partial charge in [0.2, 0.25) is 5.91 Å². The summed E-state index contributed by atoms with van der Waals surface area (Å²) in [5.74, 6) is -1.00. The molecule has 0 aliphatic rings. The molecular weight excluding hydrogens is 231 g/mol. The van der Waals surface area contributed by atoms with Crippen LogP contribution in [0, 0.1) is 11.7 Å². The molecule has 0 spiro atoms. The van der Waals surface area contributed by atoms with Crippen LogP contribution in [0.1, 0.15) is 12.5 Å². The summed E-state index contributed by atoms with van der Waals surface area (Å²) in [7, 11) is 0. The minimum absolute atomic E-state index is 0.0993. The first kappa shape index (κ1) is 12.9. The number of primary amides is 1. The lowest BCUT2D eigenvalue weighted by Gasteiger charge is -2.09. The van der Waals surface area contributed by atoms with Gasteiger partial charge >= 0.3 is 0 Å². The number of carbonyl (C=O) groups excluding carboxylic acids is 1. The van der Waals surface area contributed by atoms with Crippen LogP contribution in [0.3, 0.4) is 0 Å². The Bertz CT molecular complexity index is 384. The molecule has 1 atom stereocenters. The van der Waals surface area contributed by atoms with E-state index in [0.29, 0.717) is 13.1 Å². The molecule has 3 nitrogen and oxygen atoms in total. The van der Waals surface area contributed by atoms with Crippen LogP contribution in [0.5, 0.6) is 0 Å². The number of rotatable bonds is 5. The van der Waals surface area contributed by atoms with Crippen LogP contribution in [0.4, 0.5) is 4.39 Å². The normalized spacial score (nSPS) is 12.4. The molecule has 5 heteroatoms. The molecular formula is C11H14ClFN2O. The van der Waals surface area contributed by atoms with Crippen molar-refractivity contribution in [3.63, 3.8) is 0 Å². The maximum atomic E-state index is 12.8. The minimum atomic E-state index is -0.434. The average Bonchev–Trinajstić information content (AvgIpc) is 2.23. The predicted octanol–water partition coefficient (Wildman–Crippen LogP) is 1.69. The SMILES string of the molecule is CC(CNCc1ccc(F)c(Cl)c1)C(N)=O. The molecule has 0 saturated carbocycles. The van der Waals surface area contributed by atoms with Crippen molar-refractivity contribution in [2.45, 2.75) is 13.5 Å². The zero-order valence-corrected chi connectivity index (χ0v) is 9.72. The van der Waals surface area contributed by atoms with Crippen LogP contribution in [0.15, 0.2) is 18.2 Å². The fraction of sp³-hybridized carbons (Fsp3) is 0.364. The van der Waals surface area contributed by atoms with E-state index in [-0.39, 0.29) is 16.8 Å². The standard InChI is InChI=1S/C11H14ClFN2O/c1-7(11(14)16)5-15-6-8-2-3-10(13)9(12)4-8/h2-4,7,15H,5-6H2,1H3,(H2,14,16). The highest BCUT2D eigenvalue weighted by molar-refractivity contribution is 6.30. The molecule has 1 unspecified atom stereocenters. The topological polar surface area (TPSA) is 55.1 Å². The van der Waals surface area contributed by atoms with Gasteiger partial charge in [0.1, 0.15) is 5.82 Å². The Morgan fingerprint density at radius 1 is 1.62 bits per heavy atom. The molecule has 0 aliphatic heterocycles. The highest BCUT2D eigenvalue weighted by atomic mass is 35.5. The van der Waals surface area contributed by atoms with Crippen molar-refractivity contribution >= 4 is 17.5 Å². The fourth-order valence-corrected chi connectivity index (χ4v) is 1.39. The largest absolute Gasteiger partial charge is 0.369 e. The summed E-state index contributed by atoms with van der Waals surface area (Å²) in [4.78, 5) is 10.8. The Labute approximate surface area is 98.8 Å². The number of amides is 1. The number of nitrogens with one attached hydrogen (secondary N) is 1. The van der Waals surface area contributed by atoms with Gasteiger partial charge < -0.3 is 11.1 Å². The number of carbonyl (C=O) groups is 1. The Morgan fingerprint density at radius 3 is 2.88 bits per heavy atom. The third kappa shape index (κ3) is 3.79. The van der Waals surface area contributed by atoms with E-state index in [2.05, 4.69) is 5.32 Å². The first-order valence-electron chi connectivity index (χ1n) is 4.94. The van der Waals surface area contributed by atoms with E-state index in [1.807, 2.05) is 0 Å². The first-order valence-corrected chi connectivity index (χ1v) is 5.32. The molecule has 0 bridgehead atoms. The van der Waals surface area contributed by atoms with Crippen LogP contribution >= 0.6 is 11.6 Å². The zero-order chi connectivity index (χ0) is 12.1. The maximum absolute atomic E-state index is 12.8. The smallest absolute Gasteiger partial charge is 0.221 e. The summed E-state index contributed by atoms with van der Waals surface area (Å²) >= 11 is 5.63. The molecule has 0 radical (unpaired) electrons. The van der Waals surface area contributed by atoms with Crippen molar-refractivity contribution in [3.8, 4) is 0 Å². The summed E-state index contributed by atoms with van der Waals surface area (Å²) in [5, 5.41) is 3.15. The Kier molecular flexibility index (Phi) is 4.71. The quantitative estimate of drug-likeness (QED) is 0.828. The number of hydrogen-bond donors (Lipinski definition) is 2. The second-order valence-corrected chi connectivity index (χ2v) is 4.09. The summed E-state index contributed by atoms with van der Waals surface area (Å²) < 4.78 is 12.8. The van der Waals surface area contributed by atoms with Crippen molar-refractivity contribution in [1.82, 2.24) is 5.32 Å². The second-order valence-electron chi connectivity index (χ2n) is 3.68. The lowest BCUT2D eigenvalue weighted by Crippen LogP contribution is -2.30. The monoisotopic (exact) mass is 244 g/mol. The molecule has 0 saturated heterocycles. The van der Waals surface area contributed by atoms with Gasteiger partial charge in [0, 0.05) is 19.0 Å². The van der Waals surface area contributed by atoms with Gasteiger partial charge in [0.25, 0.3) is 0 Å². The number of hydrogen-bond acceptors (Lipinski definition) is 2. The van der Waals surface area contributed by atoms with E-state index in [1.165, 1.54) is 6.07 Å². The van der Waals surface area contributed by atoms with E-state index in [9.17, 15) is 9.18 Å². The van der Waals surface area contributed by atoms with Gasteiger partial charge in [-0.1, -0.05) is 24.6 Å². The zero-order valence-electron chi connectivity index (χ0n) is 8.97. The van der Waals surface area contributed by atoms with Gasteiger partial charge in [0.15, 0.2) is 0 Å². The number of halogens is 2. The molecule has 1 rings (SSSR count). The average molecular weight is 245 g/mol. The summed E-state index contributed by atoms with van der Waals surface area (Å²) in [6, 6.07) is 4.51. The summed E-state index contributed by atoms with van der Waals surface area (Å²) in [6.45, 7) is 2.76. The van der Waals surface area contributed by atoms with Crippen molar-refractivity contribution in [1.29, 1.82) is 0 Å². The predicted molar refractivity (Wildman–Crippen MR) is 61.5 cm³/mol. The number of nitrogens with two attached hydrogens (primary N) is 1. The Balaban J connectivity index is 2.43. The maximum Gasteiger partial charge on any atom is 0.221 e. The van der Waals surface area contributed by atoms with Crippen molar-refractivity contribution in [2.75, 3.05) is 6.54 Å². The van der Waals surface area contributed by atoms with Crippen LogP contribution in [-0.4, -0.2) is 12.5 Å². The highest BCUT2D eigenvalue weighted by Crippen LogP contribution is 2.15. The van der Waals surface area contributed by atoms with Crippen molar-refractivity contribution in [2.24, 2.45) is 11.7 Å². The van der Waals surface area contributed by atoms with Crippen molar-refractivity contribution in [3.05, 3.63) is 34.6 Å². The summed E-state index contributed by atoms with van der Waals surface area (Å²) in [6.07, 6.45) is 0. The van der Waals surface area contributed by atoms with Crippen LogP contribution < -0.4 is 11.1 Å². The Morgan fingerprint density at radius 2 is 2.31 bits per heavy atom. The van der Waals surface area contributed by atoms with E-state index >= 15 is 0 Å². The first-order chi connectivity index (χ1) is 7.50. The fourth-order valence-electron chi connectivity index (χ4n) is 1.18. The van der Waals surface area contributed by atoms with Gasteiger partial charge in [-0.05, 0) is 17.7 Å². The van der Waals surface area contributed by atoms with Gasteiger partial charge in [-0.25, -0.2) is 4.39 Å². The van der Waals surface area contributed by atoms with E-state index < -0.39 is 5.82 Å². The van der Waals surface area contributed by atoms with Gasteiger partial charge in [0.05, 0.1) is 5.02 Å². The second kappa shape index (κ2) is 5.82. The summed E-state index contributed by atoms with van der Waals surface area (Å²) in [5.41, 5.74) is 5.97. The highest BCUT2D eigenvalue weighted by Gasteiger charge is 2.07. The van der Waals surface area contributed by atoms with E-state index in [4.69, 9.17) is 17.3 Å². The van der Waals surface area contributed by atoms with E-state index in [0.717, 1.165) is 5.56 Å². The lowest BCUT2D eigenvalue weighted by molar-refractivity contribution is -0.121. The van der Waals surface area contributed by atoms with Gasteiger partial charge in [-0.2, -0.15) is 0 Å².